The van der Waals surface area contributed by atoms with Crippen LogP contribution in [0, 0.1) is 12.3 Å². The molecule has 8 heteroatoms. The maximum absolute atomic E-state index is 12.5. The SMILES string of the molecule is CCN(C(=O)CCN/C=N\C=N)c1cn(-c2cccnc2)nc1C. The molecule has 0 aromatic carbocycles. The monoisotopic (exact) mass is 327 g/mol. The Labute approximate surface area is 140 Å². The molecule has 2 rings (SSSR count). The molecule has 2 aromatic heterocycles. The largest absolute Gasteiger partial charge is 0.376 e. The molecular formula is C16H21N7O. The molecular weight excluding hydrogens is 306 g/mol. The third-order valence-electron chi connectivity index (χ3n) is 3.42. The quantitative estimate of drug-likeness (QED) is 0.436. The van der Waals surface area contributed by atoms with Crippen LogP contribution in [0.5, 0.6) is 0 Å². The van der Waals surface area contributed by atoms with Gasteiger partial charge in [-0.2, -0.15) is 5.10 Å². The first-order chi connectivity index (χ1) is 11.7. The number of amides is 1. The number of anilines is 1. The third kappa shape index (κ3) is 4.25. The number of carbonyl (C=O) groups excluding carboxylic acids is 1. The highest BCUT2D eigenvalue weighted by atomic mass is 16.2. The minimum absolute atomic E-state index is 0.00193. The Bertz CT molecular complexity index is 708. The molecule has 2 heterocycles. The lowest BCUT2D eigenvalue weighted by Gasteiger charge is -2.20. The van der Waals surface area contributed by atoms with E-state index in [1.165, 1.54) is 6.34 Å². The molecule has 2 N–H and O–H groups in total. The Morgan fingerprint density at radius 3 is 3.04 bits per heavy atom. The zero-order valence-electron chi connectivity index (χ0n) is 13.8. The van der Waals surface area contributed by atoms with Gasteiger partial charge in [0.1, 0.15) is 6.34 Å². The standard InChI is InChI=1S/C16H21N7O/c1-3-22(16(24)6-8-19-12-20-11-17)15-10-23(21-13(15)2)14-5-4-7-18-9-14/h4-5,7,9-12H,3,6,8H2,1-2H3,(H2,17,19,20). The highest BCUT2D eigenvalue weighted by molar-refractivity contribution is 5.94. The average molecular weight is 327 g/mol. The van der Waals surface area contributed by atoms with E-state index in [0.717, 1.165) is 23.4 Å². The van der Waals surface area contributed by atoms with E-state index in [1.54, 1.807) is 22.0 Å². The van der Waals surface area contributed by atoms with E-state index in [0.29, 0.717) is 19.5 Å². The summed E-state index contributed by atoms with van der Waals surface area (Å²) in [6.07, 6.45) is 7.94. The summed E-state index contributed by atoms with van der Waals surface area (Å²) in [5.74, 6) is 0.00193. The summed E-state index contributed by atoms with van der Waals surface area (Å²) in [4.78, 5) is 21.9. The Kier molecular flexibility index (Phi) is 6.18. The van der Waals surface area contributed by atoms with Crippen LogP contribution in [0.15, 0.2) is 35.7 Å². The van der Waals surface area contributed by atoms with Crippen molar-refractivity contribution in [2.45, 2.75) is 20.3 Å². The lowest BCUT2D eigenvalue weighted by molar-refractivity contribution is -0.118. The van der Waals surface area contributed by atoms with Crippen LogP contribution in [0.2, 0.25) is 0 Å². The number of aromatic nitrogens is 3. The number of aryl methyl sites for hydroxylation is 1. The highest BCUT2D eigenvalue weighted by Crippen LogP contribution is 2.21. The molecule has 0 aliphatic carbocycles. The maximum atomic E-state index is 12.5. The molecule has 0 unspecified atom stereocenters. The number of hydrogen-bond donors (Lipinski definition) is 2. The number of hydrogen-bond acceptors (Lipinski definition) is 4. The fourth-order valence-corrected chi connectivity index (χ4v) is 2.29. The summed E-state index contributed by atoms with van der Waals surface area (Å²) >= 11 is 0. The van der Waals surface area contributed by atoms with Gasteiger partial charge in [-0.05, 0) is 26.0 Å². The minimum Gasteiger partial charge on any atom is -0.376 e. The van der Waals surface area contributed by atoms with Crippen LogP contribution in [0.3, 0.4) is 0 Å². The lowest BCUT2D eigenvalue weighted by Crippen LogP contribution is -2.33. The predicted molar refractivity (Wildman–Crippen MR) is 94.0 cm³/mol. The Hall–Kier alpha value is -3.03. The van der Waals surface area contributed by atoms with E-state index in [-0.39, 0.29) is 5.91 Å². The van der Waals surface area contributed by atoms with Crippen molar-refractivity contribution < 1.29 is 4.79 Å². The molecule has 0 saturated carbocycles. The summed E-state index contributed by atoms with van der Waals surface area (Å²) in [6, 6.07) is 3.75. The van der Waals surface area contributed by atoms with Gasteiger partial charge in [0.15, 0.2) is 0 Å². The van der Waals surface area contributed by atoms with Gasteiger partial charge in [0.25, 0.3) is 0 Å². The van der Waals surface area contributed by atoms with E-state index >= 15 is 0 Å². The molecule has 8 nitrogen and oxygen atoms in total. The number of rotatable bonds is 8. The van der Waals surface area contributed by atoms with Gasteiger partial charge in [0, 0.05) is 25.7 Å². The van der Waals surface area contributed by atoms with Gasteiger partial charge >= 0.3 is 0 Å². The zero-order valence-corrected chi connectivity index (χ0v) is 13.8. The minimum atomic E-state index is 0.00193. The Balaban J connectivity index is 2.10. The highest BCUT2D eigenvalue weighted by Gasteiger charge is 2.18. The molecule has 0 aliphatic heterocycles. The van der Waals surface area contributed by atoms with Crippen molar-refractivity contribution in [1.82, 2.24) is 20.1 Å². The predicted octanol–water partition coefficient (Wildman–Crippen LogP) is 1.54. The van der Waals surface area contributed by atoms with Crippen molar-refractivity contribution in [3.8, 4) is 5.69 Å². The van der Waals surface area contributed by atoms with Crippen molar-refractivity contribution in [1.29, 1.82) is 5.41 Å². The van der Waals surface area contributed by atoms with Gasteiger partial charge in [-0.25, -0.2) is 9.67 Å². The molecule has 0 radical (unpaired) electrons. The maximum Gasteiger partial charge on any atom is 0.228 e. The number of aliphatic imine (C=N–C) groups is 1. The van der Waals surface area contributed by atoms with Crippen molar-refractivity contribution in [3.05, 3.63) is 36.4 Å². The molecule has 1 amide bonds. The smallest absolute Gasteiger partial charge is 0.228 e. The van der Waals surface area contributed by atoms with Crippen molar-refractivity contribution in [2.24, 2.45) is 4.99 Å². The van der Waals surface area contributed by atoms with Crippen LogP contribution in [0.4, 0.5) is 5.69 Å². The topological polar surface area (TPSA) is 99.3 Å². The summed E-state index contributed by atoms with van der Waals surface area (Å²) in [7, 11) is 0. The fraction of sp³-hybridized carbons (Fsp3) is 0.312. The Morgan fingerprint density at radius 2 is 2.38 bits per heavy atom. The van der Waals surface area contributed by atoms with Crippen molar-refractivity contribution >= 4 is 24.3 Å². The van der Waals surface area contributed by atoms with Crippen LogP contribution in [-0.4, -0.2) is 46.4 Å². The molecule has 0 spiro atoms. The Morgan fingerprint density at radius 1 is 1.54 bits per heavy atom. The van der Waals surface area contributed by atoms with Crippen LogP contribution in [0.25, 0.3) is 5.69 Å². The van der Waals surface area contributed by atoms with Crippen LogP contribution < -0.4 is 10.2 Å². The number of pyridine rings is 1. The molecule has 126 valence electrons. The first-order valence-electron chi connectivity index (χ1n) is 7.68. The van der Waals surface area contributed by atoms with E-state index in [9.17, 15) is 4.79 Å². The van der Waals surface area contributed by atoms with Gasteiger partial charge in [-0.3, -0.25) is 15.2 Å². The molecule has 0 fully saturated rings. The number of carbonyl (C=O) groups is 1. The van der Waals surface area contributed by atoms with Gasteiger partial charge in [-0.15, -0.1) is 0 Å². The van der Waals surface area contributed by atoms with E-state index in [2.05, 4.69) is 20.4 Å². The second-order valence-corrected chi connectivity index (χ2v) is 5.00. The average Bonchev–Trinajstić information content (AvgIpc) is 2.98. The van der Waals surface area contributed by atoms with Crippen LogP contribution in [-0.2, 0) is 4.79 Å². The summed E-state index contributed by atoms with van der Waals surface area (Å²) in [6.45, 7) is 4.84. The molecule has 2 aromatic rings. The summed E-state index contributed by atoms with van der Waals surface area (Å²) < 4.78 is 1.72. The fourth-order valence-electron chi connectivity index (χ4n) is 2.29. The van der Waals surface area contributed by atoms with Gasteiger partial charge in [0.2, 0.25) is 5.91 Å². The van der Waals surface area contributed by atoms with E-state index in [1.807, 2.05) is 32.2 Å². The van der Waals surface area contributed by atoms with Crippen molar-refractivity contribution in [3.63, 3.8) is 0 Å². The normalized spacial score (nSPS) is 10.8. The van der Waals surface area contributed by atoms with E-state index < -0.39 is 0 Å². The van der Waals surface area contributed by atoms with Gasteiger partial charge in [-0.1, -0.05) is 0 Å². The van der Waals surface area contributed by atoms with Crippen LogP contribution >= 0.6 is 0 Å². The van der Waals surface area contributed by atoms with Gasteiger partial charge < -0.3 is 10.2 Å². The molecule has 0 bridgehead atoms. The summed E-state index contributed by atoms with van der Waals surface area (Å²) in [5.41, 5.74) is 2.42. The molecule has 24 heavy (non-hydrogen) atoms. The first kappa shape index (κ1) is 17.3. The first-order valence-corrected chi connectivity index (χ1v) is 7.68. The third-order valence-corrected chi connectivity index (χ3v) is 3.42. The second-order valence-electron chi connectivity index (χ2n) is 5.00. The second kappa shape index (κ2) is 8.56. The van der Waals surface area contributed by atoms with Crippen LogP contribution in [0.1, 0.15) is 19.0 Å². The number of nitrogens with one attached hydrogen (secondary N) is 2. The molecule has 0 atom stereocenters. The molecule has 0 saturated heterocycles. The molecule has 0 aliphatic rings. The van der Waals surface area contributed by atoms with Gasteiger partial charge in [0.05, 0.1) is 35.8 Å². The van der Waals surface area contributed by atoms with Crippen molar-refractivity contribution in [2.75, 3.05) is 18.0 Å². The number of nitrogens with zero attached hydrogens (tertiary/aromatic N) is 5. The van der Waals surface area contributed by atoms with E-state index in [4.69, 9.17) is 5.41 Å². The lowest BCUT2D eigenvalue weighted by atomic mass is 10.3. The zero-order chi connectivity index (χ0) is 17.4. The summed E-state index contributed by atoms with van der Waals surface area (Å²) in [5, 5.41) is 14.1.